The zero-order valence-corrected chi connectivity index (χ0v) is 19.8. The van der Waals surface area contributed by atoms with E-state index < -0.39 is 6.04 Å². The van der Waals surface area contributed by atoms with E-state index in [1.54, 1.807) is 12.0 Å². The molecule has 5 rings (SSSR count). The average Bonchev–Trinajstić information content (AvgIpc) is 3.39. The maximum Gasteiger partial charge on any atom is 0.277 e. The number of para-hydroxylation sites is 1. The smallest absolute Gasteiger partial charge is 0.277 e. The first kappa shape index (κ1) is 21.3. The van der Waals surface area contributed by atoms with Crippen LogP contribution in [0.5, 0.6) is 11.5 Å². The summed E-state index contributed by atoms with van der Waals surface area (Å²) in [5, 5.41) is 7.55. The van der Waals surface area contributed by atoms with Crippen molar-refractivity contribution in [2.45, 2.75) is 13.0 Å². The maximum absolute atomic E-state index is 13.6. The van der Waals surface area contributed by atoms with Gasteiger partial charge >= 0.3 is 0 Å². The molecule has 3 aromatic carbocycles. The molecule has 1 aliphatic rings. The van der Waals surface area contributed by atoms with Gasteiger partial charge < -0.3 is 9.47 Å². The van der Waals surface area contributed by atoms with Crippen LogP contribution in [0.2, 0.25) is 0 Å². The van der Waals surface area contributed by atoms with Crippen LogP contribution in [0, 0.1) is 0 Å². The van der Waals surface area contributed by atoms with Crippen LogP contribution in [0.15, 0.2) is 77.3 Å². The van der Waals surface area contributed by atoms with Gasteiger partial charge in [0.1, 0.15) is 17.2 Å². The van der Waals surface area contributed by atoms with E-state index in [0.717, 1.165) is 38.3 Å². The van der Waals surface area contributed by atoms with Crippen molar-refractivity contribution in [3.8, 4) is 22.8 Å². The predicted octanol–water partition coefficient (Wildman–Crippen LogP) is 6.00. The van der Waals surface area contributed by atoms with Gasteiger partial charge in [0.2, 0.25) is 0 Å². The van der Waals surface area contributed by atoms with E-state index in [1.165, 1.54) is 0 Å². The zero-order chi connectivity index (χ0) is 22.9. The third-order valence-electron chi connectivity index (χ3n) is 5.75. The number of carbonyl (C=O) groups excluding carboxylic acids is 1. The van der Waals surface area contributed by atoms with E-state index in [1.807, 2.05) is 79.7 Å². The van der Waals surface area contributed by atoms with Gasteiger partial charge in [-0.25, -0.2) is 0 Å². The molecule has 0 saturated heterocycles. The highest BCUT2D eigenvalue weighted by molar-refractivity contribution is 9.10. The fourth-order valence-electron chi connectivity index (χ4n) is 4.30. The van der Waals surface area contributed by atoms with Crippen molar-refractivity contribution in [3.05, 3.63) is 94.1 Å². The van der Waals surface area contributed by atoms with Gasteiger partial charge in [-0.3, -0.25) is 14.8 Å². The number of anilines is 1. The summed E-state index contributed by atoms with van der Waals surface area (Å²) in [6, 6.07) is 22.9. The summed E-state index contributed by atoms with van der Waals surface area (Å²) in [6.45, 7) is 2.55. The third kappa shape index (κ3) is 3.68. The molecule has 1 amide bonds. The topological polar surface area (TPSA) is 67.5 Å². The van der Waals surface area contributed by atoms with Gasteiger partial charge in [0.25, 0.3) is 5.91 Å². The highest BCUT2D eigenvalue weighted by atomic mass is 79.9. The van der Waals surface area contributed by atoms with Crippen LogP contribution >= 0.6 is 15.9 Å². The average molecular weight is 504 g/mol. The standard InChI is InChI=1S/C26H22BrN3O3/c1-3-33-19-14-8-16(9-15-19)23-22-24(29-28-23)26(31)30(18-12-10-17(27)11-13-18)25(22)20-6-4-5-7-21(20)32-2/h4-15,25H,3H2,1-2H3,(H,28,29)/t25-/m0/s1. The molecule has 33 heavy (non-hydrogen) atoms. The summed E-state index contributed by atoms with van der Waals surface area (Å²) in [5.41, 5.74) is 4.64. The molecule has 0 spiro atoms. The molecule has 4 aromatic rings. The van der Waals surface area contributed by atoms with Crippen LogP contribution in [0.3, 0.4) is 0 Å². The Balaban J connectivity index is 1.69. The highest BCUT2D eigenvalue weighted by Crippen LogP contribution is 2.47. The number of benzene rings is 3. The number of methoxy groups -OCH3 is 1. The number of carbonyl (C=O) groups is 1. The summed E-state index contributed by atoms with van der Waals surface area (Å²) in [5.74, 6) is 1.37. The first-order chi connectivity index (χ1) is 16.1. The minimum absolute atomic E-state index is 0.132. The fourth-order valence-corrected chi connectivity index (χ4v) is 4.56. The highest BCUT2D eigenvalue weighted by Gasteiger charge is 2.44. The molecule has 0 radical (unpaired) electrons. The van der Waals surface area contributed by atoms with Crippen molar-refractivity contribution in [2.75, 3.05) is 18.6 Å². The van der Waals surface area contributed by atoms with Crippen LogP contribution in [-0.4, -0.2) is 29.8 Å². The molecule has 1 aliphatic heterocycles. The number of H-pyrrole nitrogens is 1. The van der Waals surface area contributed by atoms with Gasteiger partial charge in [-0.1, -0.05) is 34.1 Å². The molecule has 1 atom stereocenters. The number of hydrogen-bond donors (Lipinski definition) is 1. The first-order valence-electron chi connectivity index (χ1n) is 10.7. The Bertz CT molecular complexity index is 1300. The molecule has 0 aliphatic carbocycles. The monoisotopic (exact) mass is 503 g/mol. The minimum atomic E-state index is -0.398. The quantitative estimate of drug-likeness (QED) is 0.350. The van der Waals surface area contributed by atoms with Crippen molar-refractivity contribution in [2.24, 2.45) is 0 Å². The molecule has 0 bridgehead atoms. The molecule has 1 aromatic heterocycles. The Morgan fingerprint density at radius 3 is 2.45 bits per heavy atom. The summed E-state index contributed by atoms with van der Waals surface area (Å²) in [7, 11) is 1.64. The number of halogens is 1. The van der Waals surface area contributed by atoms with E-state index in [-0.39, 0.29) is 5.91 Å². The van der Waals surface area contributed by atoms with E-state index in [0.29, 0.717) is 18.1 Å². The second-order valence-corrected chi connectivity index (χ2v) is 8.53. The van der Waals surface area contributed by atoms with Crippen LogP contribution in [-0.2, 0) is 0 Å². The number of nitrogens with zero attached hydrogens (tertiary/aromatic N) is 2. The lowest BCUT2D eigenvalue weighted by Gasteiger charge is -2.27. The van der Waals surface area contributed by atoms with Gasteiger partial charge in [-0.15, -0.1) is 0 Å². The number of amides is 1. The Kier molecular flexibility index (Phi) is 5.64. The number of hydrogen-bond acceptors (Lipinski definition) is 4. The molecular weight excluding hydrogens is 482 g/mol. The first-order valence-corrected chi connectivity index (χ1v) is 11.4. The van der Waals surface area contributed by atoms with Crippen molar-refractivity contribution >= 4 is 27.5 Å². The Hall–Kier alpha value is -3.58. The molecule has 1 N–H and O–H groups in total. The number of ether oxygens (including phenoxy) is 2. The number of aromatic nitrogens is 2. The van der Waals surface area contributed by atoms with Crippen molar-refractivity contribution in [1.29, 1.82) is 0 Å². The number of fused-ring (bicyclic) bond motifs is 1. The molecule has 6 nitrogen and oxygen atoms in total. The zero-order valence-electron chi connectivity index (χ0n) is 18.2. The molecule has 166 valence electrons. The second kappa shape index (κ2) is 8.75. The van der Waals surface area contributed by atoms with Crippen LogP contribution in [0.4, 0.5) is 5.69 Å². The van der Waals surface area contributed by atoms with Gasteiger partial charge in [-0.05, 0) is 61.5 Å². The third-order valence-corrected chi connectivity index (χ3v) is 6.27. The minimum Gasteiger partial charge on any atom is -0.496 e. The summed E-state index contributed by atoms with van der Waals surface area (Å²) >= 11 is 3.48. The van der Waals surface area contributed by atoms with Crippen molar-refractivity contribution < 1.29 is 14.3 Å². The Morgan fingerprint density at radius 1 is 1.03 bits per heavy atom. The molecule has 0 fully saturated rings. The molecule has 7 heteroatoms. The number of rotatable bonds is 6. The van der Waals surface area contributed by atoms with E-state index >= 15 is 0 Å². The van der Waals surface area contributed by atoms with Gasteiger partial charge in [0.05, 0.1) is 25.5 Å². The fraction of sp³-hybridized carbons (Fsp3) is 0.154. The van der Waals surface area contributed by atoms with Crippen molar-refractivity contribution in [1.82, 2.24) is 10.2 Å². The molecule has 2 heterocycles. The Labute approximate surface area is 200 Å². The SMILES string of the molecule is CCOc1ccc(-c2n[nH]c3c2[C@H](c2ccccc2OC)N(c2ccc(Br)cc2)C3=O)cc1. The van der Waals surface area contributed by atoms with Crippen molar-refractivity contribution in [3.63, 3.8) is 0 Å². The van der Waals surface area contributed by atoms with E-state index in [9.17, 15) is 4.79 Å². The summed E-state index contributed by atoms with van der Waals surface area (Å²) < 4.78 is 12.2. The summed E-state index contributed by atoms with van der Waals surface area (Å²) in [4.78, 5) is 15.4. The predicted molar refractivity (Wildman–Crippen MR) is 131 cm³/mol. The maximum atomic E-state index is 13.6. The normalized spacial score (nSPS) is 14.9. The molecule has 0 saturated carbocycles. The van der Waals surface area contributed by atoms with Gasteiger partial charge in [0.15, 0.2) is 0 Å². The lowest BCUT2D eigenvalue weighted by atomic mass is 9.95. The van der Waals surface area contributed by atoms with Gasteiger partial charge in [0, 0.05) is 26.9 Å². The lowest BCUT2D eigenvalue weighted by Crippen LogP contribution is -2.29. The van der Waals surface area contributed by atoms with Crippen LogP contribution < -0.4 is 14.4 Å². The largest absolute Gasteiger partial charge is 0.496 e. The Morgan fingerprint density at radius 2 is 1.76 bits per heavy atom. The molecule has 0 unspecified atom stereocenters. The second-order valence-electron chi connectivity index (χ2n) is 7.61. The molecular formula is C26H22BrN3O3. The summed E-state index contributed by atoms with van der Waals surface area (Å²) in [6.07, 6.45) is 0. The van der Waals surface area contributed by atoms with Crippen LogP contribution in [0.1, 0.15) is 34.6 Å². The van der Waals surface area contributed by atoms with Crippen LogP contribution in [0.25, 0.3) is 11.3 Å². The lowest BCUT2D eigenvalue weighted by molar-refractivity contribution is 0.0988. The van der Waals surface area contributed by atoms with E-state index in [2.05, 4.69) is 26.1 Å². The van der Waals surface area contributed by atoms with E-state index in [4.69, 9.17) is 9.47 Å². The van der Waals surface area contributed by atoms with Gasteiger partial charge in [-0.2, -0.15) is 5.10 Å². The number of nitrogens with one attached hydrogen (secondary N) is 1. The number of aromatic amines is 1.